The zero-order valence-corrected chi connectivity index (χ0v) is 15.4. The zero-order chi connectivity index (χ0) is 16.1. The first-order chi connectivity index (χ1) is 10.5. The van der Waals surface area contributed by atoms with Crippen molar-refractivity contribution in [1.29, 1.82) is 0 Å². The molecule has 1 heterocycles. The summed E-state index contributed by atoms with van der Waals surface area (Å²) in [6.45, 7) is 2.86. The van der Waals surface area contributed by atoms with E-state index in [9.17, 15) is 4.79 Å². The summed E-state index contributed by atoms with van der Waals surface area (Å²) in [5.74, 6) is -0.0161. The summed E-state index contributed by atoms with van der Waals surface area (Å²) in [5, 5.41) is 0.979. The Kier molecular flexibility index (Phi) is 6.75. The van der Waals surface area contributed by atoms with Gasteiger partial charge in [0.15, 0.2) is 0 Å². The summed E-state index contributed by atoms with van der Waals surface area (Å²) in [7, 11) is 0. The first-order valence-corrected chi connectivity index (χ1v) is 9.21. The molecule has 22 heavy (non-hydrogen) atoms. The molecule has 0 bridgehead atoms. The largest absolute Gasteiger partial charge is 0.293 e. The fourth-order valence-corrected chi connectivity index (χ4v) is 3.76. The lowest BCUT2D eigenvalue weighted by Crippen LogP contribution is -2.28. The van der Waals surface area contributed by atoms with Crippen molar-refractivity contribution in [2.24, 2.45) is 0 Å². The Morgan fingerprint density at radius 2 is 2.00 bits per heavy atom. The highest BCUT2D eigenvalue weighted by atomic mass is 35.5. The number of carbonyl (C=O) groups is 1. The van der Waals surface area contributed by atoms with Crippen molar-refractivity contribution in [2.75, 3.05) is 6.54 Å². The molecule has 1 aromatic carbocycles. The number of benzene rings is 1. The summed E-state index contributed by atoms with van der Waals surface area (Å²) < 4.78 is 0.632. The maximum absolute atomic E-state index is 12.4. The van der Waals surface area contributed by atoms with Crippen molar-refractivity contribution in [3.05, 3.63) is 38.7 Å². The van der Waals surface area contributed by atoms with Gasteiger partial charge in [0.05, 0.1) is 15.0 Å². The first-order valence-electron chi connectivity index (χ1n) is 7.23. The Balaban J connectivity index is 2.06. The number of rotatable bonds is 6. The van der Waals surface area contributed by atoms with Crippen molar-refractivity contribution < 1.29 is 4.79 Å². The summed E-state index contributed by atoms with van der Waals surface area (Å²) >= 11 is 18.6. The lowest BCUT2D eigenvalue weighted by atomic mass is 10.2. The Labute approximate surface area is 150 Å². The number of hydrogen-bond donors (Lipinski definition) is 0. The van der Waals surface area contributed by atoms with E-state index >= 15 is 0 Å². The van der Waals surface area contributed by atoms with Crippen molar-refractivity contribution in [1.82, 2.24) is 4.90 Å². The van der Waals surface area contributed by atoms with E-state index in [4.69, 9.17) is 35.4 Å². The third kappa shape index (κ3) is 4.48. The van der Waals surface area contributed by atoms with Gasteiger partial charge in [-0.2, -0.15) is 0 Å². The standard InChI is InChI=1S/C16H17Cl2NOS2/c1-2-3-4-5-8-19-15(20)14(22-16(19)21)10-11-6-7-12(17)13(18)9-11/h6-7,9-10H,2-5,8H2,1H3/b14-10-. The molecular formula is C16H17Cl2NOS2. The highest BCUT2D eigenvalue weighted by molar-refractivity contribution is 8.26. The second-order valence-corrected chi connectivity index (χ2v) is 7.56. The van der Waals surface area contributed by atoms with Crippen LogP contribution in [0.3, 0.4) is 0 Å². The summed E-state index contributed by atoms with van der Waals surface area (Å²) in [5.41, 5.74) is 0.848. The molecule has 1 fully saturated rings. The van der Waals surface area contributed by atoms with E-state index in [0.29, 0.717) is 25.8 Å². The number of amides is 1. The van der Waals surface area contributed by atoms with Crippen molar-refractivity contribution in [2.45, 2.75) is 32.6 Å². The molecule has 1 aromatic rings. The van der Waals surface area contributed by atoms with E-state index in [1.54, 1.807) is 17.0 Å². The predicted octanol–water partition coefficient (Wildman–Crippen LogP) is 5.77. The number of nitrogens with zero attached hydrogens (tertiary/aromatic N) is 1. The second-order valence-electron chi connectivity index (χ2n) is 5.07. The van der Waals surface area contributed by atoms with E-state index in [2.05, 4.69) is 6.92 Å². The van der Waals surface area contributed by atoms with E-state index in [1.165, 1.54) is 24.6 Å². The van der Waals surface area contributed by atoms with Crippen LogP contribution in [0.15, 0.2) is 23.1 Å². The van der Waals surface area contributed by atoms with Crippen molar-refractivity contribution in [3.63, 3.8) is 0 Å². The number of unbranched alkanes of at least 4 members (excludes halogenated alkanes) is 3. The van der Waals surface area contributed by atoms with Crippen LogP contribution >= 0.6 is 47.2 Å². The Bertz CT molecular complexity index is 616. The van der Waals surface area contributed by atoms with E-state index < -0.39 is 0 Å². The van der Waals surface area contributed by atoms with Gasteiger partial charge in [0.2, 0.25) is 0 Å². The molecule has 0 N–H and O–H groups in total. The maximum Gasteiger partial charge on any atom is 0.266 e. The summed E-state index contributed by atoms with van der Waals surface area (Å²) in [6, 6.07) is 5.31. The van der Waals surface area contributed by atoms with Gasteiger partial charge in [0.1, 0.15) is 4.32 Å². The van der Waals surface area contributed by atoms with E-state index in [1.807, 2.05) is 12.1 Å². The number of hydrogen-bond acceptors (Lipinski definition) is 3. The van der Waals surface area contributed by atoms with E-state index in [0.717, 1.165) is 18.4 Å². The van der Waals surface area contributed by atoms with Gasteiger partial charge in [-0.05, 0) is 30.2 Å². The zero-order valence-electron chi connectivity index (χ0n) is 12.3. The molecule has 0 unspecified atom stereocenters. The third-order valence-corrected chi connectivity index (χ3v) is 5.47. The molecule has 0 aromatic heterocycles. The Morgan fingerprint density at radius 1 is 1.23 bits per heavy atom. The van der Waals surface area contributed by atoms with Gasteiger partial charge in [-0.25, -0.2) is 0 Å². The van der Waals surface area contributed by atoms with Gasteiger partial charge in [-0.1, -0.05) is 79.4 Å². The monoisotopic (exact) mass is 373 g/mol. The molecule has 0 atom stereocenters. The number of carbonyl (C=O) groups excluding carboxylic acids is 1. The number of halogens is 2. The molecule has 0 radical (unpaired) electrons. The second kappa shape index (κ2) is 8.34. The maximum atomic E-state index is 12.4. The highest BCUT2D eigenvalue weighted by Crippen LogP contribution is 2.33. The molecule has 1 amide bonds. The van der Waals surface area contributed by atoms with Crippen LogP contribution in [0.1, 0.15) is 38.2 Å². The molecule has 1 aliphatic heterocycles. The third-order valence-electron chi connectivity index (χ3n) is 3.35. The molecule has 0 aliphatic carbocycles. The van der Waals surface area contributed by atoms with Gasteiger partial charge in [-0.15, -0.1) is 0 Å². The molecule has 6 heteroatoms. The van der Waals surface area contributed by atoms with Crippen LogP contribution in [-0.4, -0.2) is 21.7 Å². The lowest BCUT2D eigenvalue weighted by Gasteiger charge is -2.13. The van der Waals surface area contributed by atoms with Crippen LogP contribution in [0.4, 0.5) is 0 Å². The number of thioether (sulfide) groups is 1. The average molecular weight is 374 g/mol. The quantitative estimate of drug-likeness (QED) is 0.358. The summed E-state index contributed by atoms with van der Waals surface area (Å²) in [4.78, 5) is 14.8. The topological polar surface area (TPSA) is 20.3 Å². The van der Waals surface area contributed by atoms with Gasteiger partial charge in [0, 0.05) is 6.54 Å². The van der Waals surface area contributed by atoms with Gasteiger partial charge >= 0.3 is 0 Å². The molecule has 0 spiro atoms. The van der Waals surface area contributed by atoms with Gasteiger partial charge < -0.3 is 0 Å². The molecular weight excluding hydrogens is 357 g/mol. The van der Waals surface area contributed by atoms with Crippen molar-refractivity contribution in [3.8, 4) is 0 Å². The highest BCUT2D eigenvalue weighted by Gasteiger charge is 2.31. The van der Waals surface area contributed by atoms with Gasteiger partial charge in [-0.3, -0.25) is 9.69 Å². The SMILES string of the molecule is CCCCCCN1C(=O)/C(=C/c2ccc(Cl)c(Cl)c2)SC1=S. The molecule has 2 nitrogen and oxygen atoms in total. The van der Waals surface area contributed by atoms with Crippen LogP contribution in [0.2, 0.25) is 10.0 Å². The molecule has 0 saturated carbocycles. The van der Waals surface area contributed by atoms with Crippen LogP contribution in [0.25, 0.3) is 6.08 Å². The fraction of sp³-hybridized carbons (Fsp3) is 0.375. The molecule has 118 valence electrons. The number of thiocarbonyl (C=S) groups is 1. The summed E-state index contributed by atoms with van der Waals surface area (Å²) in [6.07, 6.45) is 6.29. The molecule has 1 saturated heterocycles. The fourth-order valence-electron chi connectivity index (χ4n) is 2.14. The Morgan fingerprint density at radius 3 is 2.68 bits per heavy atom. The van der Waals surface area contributed by atoms with Crippen LogP contribution in [-0.2, 0) is 4.79 Å². The van der Waals surface area contributed by atoms with Crippen LogP contribution < -0.4 is 0 Å². The van der Waals surface area contributed by atoms with Gasteiger partial charge in [0.25, 0.3) is 5.91 Å². The first kappa shape index (κ1) is 17.8. The van der Waals surface area contributed by atoms with Crippen LogP contribution in [0.5, 0.6) is 0 Å². The Hall–Kier alpha value is -0.550. The minimum atomic E-state index is -0.0161. The van der Waals surface area contributed by atoms with Crippen molar-refractivity contribution >= 4 is 63.5 Å². The minimum Gasteiger partial charge on any atom is -0.293 e. The van der Waals surface area contributed by atoms with Crippen LogP contribution in [0, 0.1) is 0 Å². The smallest absolute Gasteiger partial charge is 0.266 e. The van der Waals surface area contributed by atoms with E-state index in [-0.39, 0.29) is 5.91 Å². The molecule has 1 aliphatic rings. The predicted molar refractivity (Wildman–Crippen MR) is 100 cm³/mol. The normalized spacial score (nSPS) is 16.9. The average Bonchev–Trinajstić information content (AvgIpc) is 2.74. The minimum absolute atomic E-state index is 0.0161. The molecule has 2 rings (SSSR count). The lowest BCUT2D eigenvalue weighted by molar-refractivity contribution is -0.122.